The minimum absolute atomic E-state index is 0.00838. The van der Waals surface area contributed by atoms with E-state index in [4.69, 9.17) is 0 Å². The van der Waals surface area contributed by atoms with E-state index in [0.29, 0.717) is 6.42 Å². The van der Waals surface area contributed by atoms with Gasteiger partial charge in [-0.05, 0) is 6.42 Å². The first-order valence-corrected chi connectivity index (χ1v) is 3.96. The third-order valence-electron chi connectivity index (χ3n) is 1.53. The van der Waals surface area contributed by atoms with E-state index in [1.165, 1.54) is 4.90 Å². The van der Waals surface area contributed by atoms with Gasteiger partial charge in [0.05, 0.1) is 12.5 Å². The molecule has 1 N–H and O–H groups in total. The minimum Gasteiger partial charge on any atom is -0.393 e. The highest BCUT2D eigenvalue weighted by molar-refractivity contribution is 5.75. The van der Waals surface area contributed by atoms with Gasteiger partial charge >= 0.3 is 0 Å². The fraction of sp³-hybridized carbons (Fsp3) is 0.875. The van der Waals surface area contributed by atoms with Crippen LogP contribution in [-0.2, 0) is 4.79 Å². The average Bonchev–Trinajstić information content (AvgIpc) is 1.87. The van der Waals surface area contributed by atoms with Crippen LogP contribution in [0.1, 0.15) is 26.2 Å². The molecule has 0 fully saturated rings. The van der Waals surface area contributed by atoms with Crippen LogP contribution in [0.25, 0.3) is 0 Å². The van der Waals surface area contributed by atoms with Crippen molar-refractivity contribution in [3.63, 3.8) is 0 Å². The maximum Gasteiger partial charge on any atom is 0.224 e. The predicted molar refractivity (Wildman–Crippen MR) is 44.2 cm³/mol. The second-order valence-electron chi connectivity index (χ2n) is 2.93. The molecule has 66 valence electrons. The van der Waals surface area contributed by atoms with Gasteiger partial charge in [0, 0.05) is 14.1 Å². The summed E-state index contributed by atoms with van der Waals surface area (Å²) in [5.74, 6) is -0.00838. The Morgan fingerprint density at radius 1 is 1.55 bits per heavy atom. The summed E-state index contributed by atoms with van der Waals surface area (Å²) < 4.78 is 0. The Morgan fingerprint density at radius 2 is 2.09 bits per heavy atom. The zero-order chi connectivity index (χ0) is 8.85. The maximum atomic E-state index is 11.0. The lowest BCUT2D eigenvalue weighted by Gasteiger charge is -2.13. The van der Waals surface area contributed by atoms with Gasteiger partial charge in [-0.15, -0.1) is 0 Å². The first-order chi connectivity index (χ1) is 5.07. The zero-order valence-electron chi connectivity index (χ0n) is 7.50. The molecule has 3 heteroatoms. The van der Waals surface area contributed by atoms with Crippen LogP contribution < -0.4 is 0 Å². The molecule has 0 aromatic rings. The topological polar surface area (TPSA) is 40.5 Å². The van der Waals surface area contributed by atoms with Crippen molar-refractivity contribution < 1.29 is 9.90 Å². The molecule has 1 amide bonds. The van der Waals surface area contributed by atoms with Crippen molar-refractivity contribution in [2.45, 2.75) is 32.3 Å². The molecule has 0 aliphatic heterocycles. The first kappa shape index (κ1) is 10.4. The Bertz CT molecular complexity index is 123. The third-order valence-corrected chi connectivity index (χ3v) is 1.53. The van der Waals surface area contributed by atoms with E-state index < -0.39 is 6.10 Å². The SMILES string of the molecule is CCCC(O)CC(=O)N(C)C. The van der Waals surface area contributed by atoms with Crippen molar-refractivity contribution in [3.8, 4) is 0 Å². The van der Waals surface area contributed by atoms with Gasteiger partial charge in [-0.2, -0.15) is 0 Å². The first-order valence-electron chi connectivity index (χ1n) is 3.96. The number of hydrogen-bond donors (Lipinski definition) is 1. The Kier molecular flexibility index (Phi) is 4.86. The molecule has 0 aromatic heterocycles. The number of rotatable bonds is 4. The van der Waals surface area contributed by atoms with Crippen molar-refractivity contribution in [2.75, 3.05) is 14.1 Å². The van der Waals surface area contributed by atoms with E-state index in [2.05, 4.69) is 0 Å². The molecule has 0 heterocycles. The Morgan fingerprint density at radius 3 is 2.45 bits per heavy atom. The zero-order valence-corrected chi connectivity index (χ0v) is 7.50. The highest BCUT2D eigenvalue weighted by Crippen LogP contribution is 2.02. The van der Waals surface area contributed by atoms with Gasteiger partial charge in [0.1, 0.15) is 0 Å². The lowest BCUT2D eigenvalue weighted by atomic mass is 10.1. The van der Waals surface area contributed by atoms with Gasteiger partial charge < -0.3 is 10.0 Å². The third kappa shape index (κ3) is 4.79. The summed E-state index contributed by atoms with van der Waals surface area (Å²) in [7, 11) is 3.39. The lowest BCUT2D eigenvalue weighted by Crippen LogP contribution is -2.26. The van der Waals surface area contributed by atoms with Gasteiger partial charge in [0.25, 0.3) is 0 Å². The Hall–Kier alpha value is -0.570. The highest BCUT2D eigenvalue weighted by Gasteiger charge is 2.10. The smallest absolute Gasteiger partial charge is 0.224 e. The summed E-state index contributed by atoms with van der Waals surface area (Å²) in [6.07, 6.45) is 1.41. The van der Waals surface area contributed by atoms with E-state index in [0.717, 1.165) is 6.42 Å². The number of amides is 1. The monoisotopic (exact) mass is 159 g/mol. The summed E-state index contributed by atoms with van der Waals surface area (Å²) in [5.41, 5.74) is 0. The van der Waals surface area contributed by atoms with Gasteiger partial charge in [-0.1, -0.05) is 13.3 Å². The molecule has 11 heavy (non-hydrogen) atoms. The molecule has 0 spiro atoms. The number of aliphatic hydroxyl groups excluding tert-OH is 1. The fourth-order valence-corrected chi connectivity index (χ4v) is 0.819. The molecular formula is C8H17NO2. The van der Waals surface area contributed by atoms with Crippen LogP contribution in [0.4, 0.5) is 0 Å². The van der Waals surface area contributed by atoms with Crippen LogP contribution >= 0.6 is 0 Å². The molecule has 0 aliphatic rings. The predicted octanol–water partition coefficient (Wildman–Crippen LogP) is 0.626. The molecule has 1 unspecified atom stereocenters. The van der Waals surface area contributed by atoms with Crippen molar-refractivity contribution in [3.05, 3.63) is 0 Å². The molecule has 0 radical (unpaired) electrons. The van der Waals surface area contributed by atoms with Crippen LogP contribution in [0.3, 0.4) is 0 Å². The summed E-state index contributed by atoms with van der Waals surface area (Å²) >= 11 is 0. The van der Waals surface area contributed by atoms with Gasteiger partial charge in [0.2, 0.25) is 5.91 Å². The standard InChI is InChI=1S/C8H17NO2/c1-4-5-7(10)6-8(11)9(2)3/h7,10H,4-6H2,1-3H3. The quantitative estimate of drug-likeness (QED) is 0.653. The molecular weight excluding hydrogens is 142 g/mol. The van der Waals surface area contributed by atoms with Gasteiger partial charge in [-0.25, -0.2) is 0 Å². The fourth-order valence-electron chi connectivity index (χ4n) is 0.819. The second-order valence-corrected chi connectivity index (χ2v) is 2.93. The summed E-state index contributed by atoms with van der Waals surface area (Å²) in [6.45, 7) is 1.99. The lowest BCUT2D eigenvalue weighted by molar-refractivity contribution is -0.130. The molecule has 0 rings (SSSR count). The van der Waals surface area contributed by atoms with Crippen LogP contribution in [0, 0.1) is 0 Å². The van der Waals surface area contributed by atoms with E-state index in [9.17, 15) is 9.90 Å². The van der Waals surface area contributed by atoms with Crippen molar-refractivity contribution in [1.29, 1.82) is 0 Å². The van der Waals surface area contributed by atoms with Gasteiger partial charge in [0.15, 0.2) is 0 Å². The van der Waals surface area contributed by atoms with Crippen LogP contribution in [0.2, 0.25) is 0 Å². The number of carbonyl (C=O) groups excluding carboxylic acids is 1. The van der Waals surface area contributed by atoms with Crippen molar-refractivity contribution >= 4 is 5.91 Å². The van der Waals surface area contributed by atoms with Gasteiger partial charge in [-0.3, -0.25) is 4.79 Å². The van der Waals surface area contributed by atoms with Crippen LogP contribution in [0.15, 0.2) is 0 Å². The molecule has 1 atom stereocenters. The number of hydrogen-bond acceptors (Lipinski definition) is 2. The largest absolute Gasteiger partial charge is 0.393 e. The van der Waals surface area contributed by atoms with Crippen molar-refractivity contribution in [2.24, 2.45) is 0 Å². The van der Waals surface area contributed by atoms with E-state index in [1.54, 1.807) is 14.1 Å². The molecule has 0 bridgehead atoms. The average molecular weight is 159 g/mol. The second kappa shape index (κ2) is 5.13. The highest BCUT2D eigenvalue weighted by atomic mass is 16.3. The molecule has 0 aromatic carbocycles. The van der Waals surface area contributed by atoms with E-state index in [-0.39, 0.29) is 12.3 Å². The van der Waals surface area contributed by atoms with Crippen molar-refractivity contribution in [1.82, 2.24) is 4.90 Å². The number of nitrogens with zero attached hydrogens (tertiary/aromatic N) is 1. The molecule has 0 aliphatic carbocycles. The van der Waals surface area contributed by atoms with Crippen LogP contribution in [-0.4, -0.2) is 36.1 Å². The number of aliphatic hydroxyl groups is 1. The molecule has 0 saturated heterocycles. The Balaban J connectivity index is 3.57. The summed E-state index contributed by atoms with van der Waals surface area (Å²) in [6, 6.07) is 0. The van der Waals surface area contributed by atoms with Crippen LogP contribution in [0.5, 0.6) is 0 Å². The van der Waals surface area contributed by atoms with E-state index in [1.807, 2.05) is 6.92 Å². The van der Waals surface area contributed by atoms with E-state index >= 15 is 0 Å². The molecule has 0 saturated carbocycles. The normalized spacial score (nSPS) is 12.7. The maximum absolute atomic E-state index is 11.0. The summed E-state index contributed by atoms with van der Waals surface area (Å²) in [5, 5.41) is 9.22. The summed E-state index contributed by atoms with van der Waals surface area (Å²) in [4.78, 5) is 12.5. The Labute approximate surface area is 68.0 Å². The number of carbonyl (C=O) groups is 1. The minimum atomic E-state index is -0.463. The molecule has 3 nitrogen and oxygen atoms in total.